The number of nitrogens with one attached hydrogen (secondary N) is 1. The number of fused-ring (bicyclic) bond motifs is 1. The van der Waals surface area contributed by atoms with Crippen LogP contribution < -0.4 is 5.32 Å². The molecule has 1 aliphatic rings. The predicted molar refractivity (Wildman–Crippen MR) is 89.4 cm³/mol. The summed E-state index contributed by atoms with van der Waals surface area (Å²) in [4.78, 5) is 0. The van der Waals surface area contributed by atoms with Gasteiger partial charge in [0.1, 0.15) is 0 Å². The molecule has 0 aliphatic carbocycles. The Labute approximate surface area is 134 Å². The van der Waals surface area contributed by atoms with E-state index in [9.17, 15) is 0 Å². The Bertz CT molecular complexity index is 614. The molecule has 1 heterocycles. The molecule has 1 N–H and O–H groups in total. The molecule has 2 aromatic carbocycles. The van der Waals surface area contributed by atoms with Gasteiger partial charge in [-0.15, -0.1) is 0 Å². The van der Waals surface area contributed by atoms with Crippen LogP contribution in [0.1, 0.15) is 35.8 Å². The average molecular weight is 346 g/mol. The molecule has 3 heteroatoms. The number of hydrogen-bond donors (Lipinski definition) is 1. The van der Waals surface area contributed by atoms with E-state index in [1.165, 1.54) is 16.7 Å². The van der Waals surface area contributed by atoms with E-state index in [-0.39, 0.29) is 6.10 Å². The van der Waals surface area contributed by atoms with Gasteiger partial charge in [-0.1, -0.05) is 52.3 Å². The maximum Gasteiger partial charge on any atom is 0.0952 e. The second-order valence-corrected chi connectivity index (χ2v) is 6.41. The monoisotopic (exact) mass is 345 g/mol. The molecular formula is C18H20BrNO. The van der Waals surface area contributed by atoms with E-state index in [4.69, 9.17) is 4.74 Å². The van der Waals surface area contributed by atoms with Gasteiger partial charge in [0.2, 0.25) is 0 Å². The molecule has 1 aliphatic heterocycles. The Morgan fingerprint density at radius 2 is 2.10 bits per heavy atom. The summed E-state index contributed by atoms with van der Waals surface area (Å²) in [5, 5.41) is 3.59. The highest BCUT2D eigenvalue weighted by atomic mass is 79.9. The van der Waals surface area contributed by atoms with Crippen LogP contribution in [0, 0.1) is 0 Å². The molecule has 2 aromatic rings. The molecule has 3 rings (SSSR count). The minimum atomic E-state index is 0.157. The molecular weight excluding hydrogens is 326 g/mol. The summed E-state index contributed by atoms with van der Waals surface area (Å²) < 4.78 is 7.06. The fourth-order valence-electron chi connectivity index (χ4n) is 2.82. The highest BCUT2D eigenvalue weighted by molar-refractivity contribution is 9.10. The second kappa shape index (κ2) is 6.73. The van der Waals surface area contributed by atoms with Gasteiger partial charge in [-0.05, 0) is 42.2 Å². The smallest absolute Gasteiger partial charge is 0.0952 e. The van der Waals surface area contributed by atoms with Gasteiger partial charge in [0.25, 0.3) is 0 Å². The van der Waals surface area contributed by atoms with E-state index in [1.807, 2.05) is 0 Å². The van der Waals surface area contributed by atoms with Crippen molar-refractivity contribution in [1.29, 1.82) is 0 Å². The summed E-state index contributed by atoms with van der Waals surface area (Å²) >= 11 is 3.53. The van der Waals surface area contributed by atoms with Crippen LogP contribution in [-0.2, 0) is 11.2 Å². The minimum Gasteiger partial charge on any atom is -0.372 e. The van der Waals surface area contributed by atoms with Gasteiger partial charge in [-0.2, -0.15) is 0 Å². The molecule has 0 saturated carbocycles. The molecule has 21 heavy (non-hydrogen) atoms. The number of rotatable bonds is 4. The fraction of sp³-hybridized carbons (Fsp3) is 0.333. The zero-order valence-electron chi connectivity index (χ0n) is 12.2. The highest BCUT2D eigenvalue weighted by Gasteiger charge is 2.20. The van der Waals surface area contributed by atoms with Gasteiger partial charge in [0.15, 0.2) is 0 Å². The molecule has 0 saturated heterocycles. The van der Waals surface area contributed by atoms with Gasteiger partial charge in [0, 0.05) is 17.1 Å². The maximum atomic E-state index is 5.94. The van der Waals surface area contributed by atoms with Gasteiger partial charge < -0.3 is 10.1 Å². The Hall–Kier alpha value is -1.16. The maximum absolute atomic E-state index is 5.94. The lowest BCUT2D eigenvalue weighted by Gasteiger charge is -2.27. The van der Waals surface area contributed by atoms with Crippen molar-refractivity contribution in [3.63, 3.8) is 0 Å². The number of hydrogen-bond acceptors (Lipinski definition) is 2. The molecule has 0 aromatic heterocycles. The lowest BCUT2D eigenvalue weighted by Crippen LogP contribution is -2.29. The van der Waals surface area contributed by atoms with E-state index in [0.717, 1.165) is 24.0 Å². The Morgan fingerprint density at radius 3 is 2.95 bits per heavy atom. The number of ether oxygens (including phenoxy) is 1. The Morgan fingerprint density at radius 1 is 1.24 bits per heavy atom. The largest absolute Gasteiger partial charge is 0.372 e. The summed E-state index contributed by atoms with van der Waals surface area (Å²) in [6.45, 7) is 3.84. The third-order valence-electron chi connectivity index (χ3n) is 4.05. The number of halogens is 1. The molecule has 0 bridgehead atoms. The molecule has 2 unspecified atom stereocenters. The van der Waals surface area contributed by atoms with Crippen molar-refractivity contribution in [3.8, 4) is 0 Å². The summed E-state index contributed by atoms with van der Waals surface area (Å²) in [5.74, 6) is 0. The van der Waals surface area contributed by atoms with Crippen LogP contribution in [0.2, 0.25) is 0 Å². The van der Waals surface area contributed by atoms with Gasteiger partial charge in [0.05, 0.1) is 12.7 Å². The molecule has 2 nitrogen and oxygen atoms in total. The highest BCUT2D eigenvalue weighted by Crippen LogP contribution is 2.27. The van der Waals surface area contributed by atoms with E-state index >= 15 is 0 Å². The summed E-state index contributed by atoms with van der Waals surface area (Å²) in [7, 11) is 0. The zero-order chi connectivity index (χ0) is 14.7. The van der Waals surface area contributed by atoms with Crippen LogP contribution in [0.5, 0.6) is 0 Å². The Balaban J connectivity index is 1.66. The van der Waals surface area contributed by atoms with Crippen molar-refractivity contribution in [2.45, 2.75) is 25.5 Å². The van der Waals surface area contributed by atoms with Crippen LogP contribution in [-0.4, -0.2) is 13.2 Å². The zero-order valence-corrected chi connectivity index (χ0v) is 13.8. The molecule has 0 fully saturated rings. The number of benzene rings is 2. The minimum absolute atomic E-state index is 0.157. The molecule has 2 atom stereocenters. The lowest BCUT2D eigenvalue weighted by atomic mass is 9.97. The van der Waals surface area contributed by atoms with Crippen molar-refractivity contribution in [2.24, 2.45) is 0 Å². The van der Waals surface area contributed by atoms with Crippen molar-refractivity contribution in [3.05, 3.63) is 69.7 Å². The van der Waals surface area contributed by atoms with E-state index in [1.54, 1.807) is 0 Å². The molecule has 110 valence electrons. The predicted octanol–water partition coefficient (Wildman–Crippen LogP) is 4.41. The second-order valence-electron chi connectivity index (χ2n) is 5.49. The third kappa shape index (κ3) is 3.54. The van der Waals surface area contributed by atoms with E-state index in [0.29, 0.717) is 6.04 Å². The molecule has 0 radical (unpaired) electrons. The standard InChI is InChI=1S/C18H20BrNO/c1-13(15-6-4-7-16(19)11-15)20-12-18-17-8-3-2-5-14(17)9-10-21-18/h2-8,11,13,18,20H,9-10,12H2,1H3. The molecule has 0 spiro atoms. The van der Waals surface area contributed by atoms with Crippen molar-refractivity contribution in [1.82, 2.24) is 5.32 Å². The lowest BCUT2D eigenvalue weighted by molar-refractivity contribution is 0.0410. The first kappa shape index (κ1) is 14.8. The first-order valence-electron chi connectivity index (χ1n) is 7.42. The SMILES string of the molecule is CC(NCC1OCCc2ccccc21)c1cccc(Br)c1. The first-order valence-corrected chi connectivity index (χ1v) is 8.21. The summed E-state index contributed by atoms with van der Waals surface area (Å²) in [6, 6.07) is 17.3. The van der Waals surface area contributed by atoms with Crippen molar-refractivity contribution >= 4 is 15.9 Å². The van der Waals surface area contributed by atoms with Gasteiger partial charge in [-0.3, -0.25) is 0 Å². The van der Waals surface area contributed by atoms with E-state index < -0.39 is 0 Å². The van der Waals surface area contributed by atoms with Crippen molar-refractivity contribution in [2.75, 3.05) is 13.2 Å². The average Bonchev–Trinajstić information content (AvgIpc) is 2.52. The first-order chi connectivity index (χ1) is 10.2. The van der Waals surface area contributed by atoms with Crippen LogP contribution in [0.25, 0.3) is 0 Å². The van der Waals surface area contributed by atoms with Crippen LogP contribution in [0.4, 0.5) is 0 Å². The van der Waals surface area contributed by atoms with Gasteiger partial charge in [-0.25, -0.2) is 0 Å². The summed E-state index contributed by atoms with van der Waals surface area (Å²) in [5.41, 5.74) is 4.04. The fourth-order valence-corrected chi connectivity index (χ4v) is 3.24. The topological polar surface area (TPSA) is 21.3 Å². The van der Waals surface area contributed by atoms with Crippen molar-refractivity contribution < 1.29 is 4.74 Å². The van der Waals surface area contributed by atoms with Crippen LogP contribution in [0.3, 0.4) is 0 Å². The summed E-state index contributed by atoms with van der Waals surface area (Å²) in [6.07, 6.45) is 1.18. The van der Waals surface area contributed by atoms with Crippen LogP contribution in [0.15, 0.2) is 53.0 Å². The van der Waals surface area contributed by atoms with Gasteiger partial charge >= 0.3 is 0 Å². The van der Waals surface area contributed by atoms with Crippen LogP contribution >= 0.6 is 15.9 Å². The molecule has 0 amide bonds. The van der Waals surface area contributed by atoms with E-state index in [2.05, 4.69) is 76.7 Å². The third-order valence-corrected chi connectivity index (χ3v) is 4.54. The normalized spacial score (nSPS) is 19.0. The Kier molecular flexibility index (Phi) is 4.73. The quantitative estimate of drug-likeness (QED) is 0.885.